The monoisotopic (exact) mass is 271 g/mol. The molecule has 0 aliphatic carbocycles. The predicted molar refractivity (Wildman–Crippen MR) is 84.0 cm³/mol. The number of furan rings is 1. The molecule has 0 saturated heterocycles. The first kappa shape index (κ1) is 14.9. The molecule has 0 aliphatic heterocycles. The molecule has 2 heteroatoms. The Kier molecular flexibility index (Phi) is 5.42. The summed E-state index contributed by atoms with van der Waals surface area (Å²) in [4.78, 5) is 0. The molecule has 2 rings (SSSR count). The molecule has 20 heavy (non-hydrogen) atoms. The van der Waals surface area contributed by atoms with Crippen LogP contribution in [0, 0.1) is 13.8 Å². The summed E-state index contributed by atoms with van der Waals surface area (Å²) in [6, 6.07) is 11.0. The van der Waals surface area contributed by atoms with Crippen LogP contribution in [0.2, 0.25) is 0 Å². The minimum absolute atomic E-state index is 0.403. The fourth-order valence-electron chi connectivity index (χ4n) is 2.58. The molecule has 1 atom stereocenters. The highest BCUT2D eigenvalue weighted by molar-refractivity contribution is 5.35. The Bertz CT molecular complexity index is 516. The Morgan fingerprint density at radius 2 is 2.00 bits per heavy atom. The second-order valence-corrected chi connectivity index (χ2v) is 5.41. The number of aryl methyl sites for hydroxylation is 2. The van der Waals surface area contributed by atoms with Gasteiger partial charge in [0.2, 0.25) is 0 Å². The van der Waals surface area contributed by atoms with E-state index in [1.165, 1.54) is 16.7 Å². The van der Waals surface area contributed by atoms with E-state index in [0.717, 1.165) is 31.6 Å². The number of hydrogen-bond donors (Lipinski definition) is 1. The molecule has 1 N–H and O–H groups in total. The van der Waals surface area contributed by atoms with Gasteiger partial charge in [0.05, 0.1) is 6.26 Å². The maximum Gasteiger partial charge on any atom is 0.103 e. The largest absolute Gasteiger partial charge is 0.469 e. The minimum atomic E-state index is 0.403. The molecule has 0 bridgehead atoms. The molecule has 108 valence electrons. The van der Waals surface area contributed by atoms with E-state index < -0.39 is 0 Å². The van der Waals surface area contributed by atoms with Gasteiger partial charge in [0.15, 0.2) is 0 Å². The molecule has 2 aromatic rings. The lowest BCUT2D eigenvalue weighted by molar-refractivity contribution is 0.451. The minimum Gasteiger partial charge on any atom is -0.469 e. The van der Waals surface area contributed by atoms with Crippen LogP contribution in [0.3, 0.4) is 0 Å². The van der Waals surface area contributed by atoms with Crippen molar-refractivity contribution < 1.29 is 4.42 Å². The van der Waals surface area contributed by atoms with E-state index in [4.69, 9.17) is 4.42 Å². The summed E-state index contributed by atoms with van der Waals surface area (Å²) < 4.78 is 5.45. The highest BCUT2D eigenvalue weighted by atomic mass is 16.3. The van der Waals surface area contributed by atoms with E-state index in [1.54, 1.807) is 6.26 Å². The van der Waals surface area contributed by atoms with Gasteiger partial charge in [-0.1, -0.05) is 25.1 Å². The van der Waals surface area contributed by atoms with Crippen LogP contribution in [0.25, 0.3) is 0 Å². The van der Waals surface area contributed by atoms with Crippen molar-refractivity contribution in [2.45, 2.75) is 46.1 Å². The first-order valence-electron chi connectivity index (χ1n) is 7.54. The quantitative estimate of drug-likeness (QED) is 0.798. The van der Waals surface area contributed by atoms with E-state index in [-0.39, 0.29) is 0 Å². The standard InChI is InChI=1S/C18H25NO/c1-4-12-19-18(11-10-16-8-6-13-20-16)17-9-5-7-14(2)15(17)3/h5-9,13,18-19H,4,10-12H2,1-3H3. The molecule has 0 fully saturated rings. The molecule has 0 amide bonds. The van der Waals surface area contributed by atoms with E-state index in [2.05, 4.69) is 50.4 Å². The summed E-state index contributed by atoms with van der Waals surface area (Å²) in [6.07, 6.45) is 4.95. The molecule has 2 nitrogen and oxygen atoms in total. The second-order valence-electron chi connectivity index (χ2n) is 5.41. The SMILES string of the molecule is CCCNC(CCc1ccco1)c1cccc(C)c1C. The maximum absolute atomic E-state index is 5.45. The molecular formula is C18H25NO. The van der Waals surface area contributed by atoms with E-state index >= 15 is 0 Å². The molecule has 0 spiro atoms. The lowest BCUT2D eigenvalue weighted by Crippen LogP contribution is -2.23. The van der Waals surface area contributed by atoms with Crippen LogP contribution in [0.5, 0.6) is 0 Å². The first-order valence-corrected chi connectivity index (χ1v) is 7.54. The number of rotatable bonds is 7. The van der Waals surface area contributed by atoms with E-state index in [9.17, 15) is 0 Å². The molecule has 1 unspecified atom stereocenters. The highest BCUT2D eigenvalue weighted by Gasteiger charge is 2.14. The molecule has 1 heterocycles. The lowest BCUT2D eigenvalue weighted by Gasteiger charge is -2.21. The van der Waals surface area contributed by atoms with E-state index in [1.807, 2.05) is 6.07 Å². The summed E-state index contributed by atoms with van der Waals surface area (Å²) in [5.74, 6) is 1.07. The van der Waals surface area contributed by atoms with Gasteiger partial charge in [0.25, 0.3) is 0 Å². The van der Waals surface area contributed by atoms with Crippen LogP contribution in [-0.4, -0.2) is 6.54 Å². The third-order valence-corrected chi connectivity index (χ3v) is 3.92. The van der Waals surface area contributed by atoms with Crippen molar-refractivity contribution in [3.05, 3.63) is 59.0 Å². The third kappa shape index (κ3) is 3.73. The van der Waals surface area contributed by atoms with E-state index in [0.29, 0.717) is 6.04 Å². The Labute approximate surface area is 122 Å². The maximum atomic E-state index is 5.45. The summed E-state index contributed by atoms with van der Waals surface area (Å²) in [7, 11) is 0. The molecule has 1 aromatic carbocycles. The van der Waals surface area contributed by atoms with Crippen LogP contribution < -0.4 is 5.32 Å². The Balaban J connectivity index is 2.11. The van der Waals surface area contributed by atoms with Crippen LogP contribution in [0.15, 0.2) is 41.0 Å². The average Bonchev–Trinajstić information content (AvgIpc) is 2.96. The van der Waals surface area contributed by atoms with Crippen molar-refractivity contribution in [2.24, 2.45) is 0 Å². The zero-order chi connectivity index (χ0) is 14.4. The van der Waals surface area contributed by atoms with Crippen LogP contribution in [-0.2, 0) is 6.42 Å². The predicted octanol–water partition coefficient (Wildman–Crippen LogP) is 4.57. The van der Waals surface area contributed by atoms with Gasteiger partial charge in [0, 0.05) is 12.5 Å². The van der Waals surface area contributed by atoms with Crippen molar-refractivity contribution in [3.63, 3.8) is 0 Å². The van der Waals surface area contributed by atoms with Gasteiger partial charge in [-0.25, -0.2) is 0 Å². The first-order chi connectivity index (χ1) is 9.72. The van der Waals surface area contributed by atoms with Crippen molar-refractivity contribution in [1.29, 1.82) is 0 Å². The third-order valence-electron chi connectivity index (χ3n) is 3.92. The van der Waals surface area contributed by atoms with Gasteiger partial charge >= 0.3 is 0 Å². The van der Waals surface area contributed by atoms with Crippen LogP contribution in [0.1, 0.15) is 48.3 Å². The summed E-state index contributed by atoms with van der Waals surface area (Å²) >= 11 is 0. The molecule has 0 aliphatic rings. The average molecular weight is 271 g/mol. The fraction of sp³-hybridized carbons (Fsp3) is 0.444. The summed E-state index contributed by atoms with van der Waals surface area (Å²) in [5, 5.41) is 3.67. The van der Waals surface area contributed by atoms with Gasteiger partial charge < -0.3 is 9.73 Å². The number of hydrogen-bond acceptors (Lipinski definition) is 2. The van der Waals surface area contributed by atoms with Gasteiger partial charge in [-0.2, -0.15) is 0 Å². The van der Waals surface area contributed by atoms with Gasteiger partial charge in [-0.15, -0.1) is 0 Å². The lowest BCUT2D eigenvalue weighted by atomic mass is 9.94. The van der Waals surface area contributed by atoms with Gasteiger partial charge in [-0.3, -0.25) is 0 Å². The topological polar surface area (TPSA) is 25.2 Å². The Hall–Kier alpha value is -1.54. The number of benzene rings is 1. The molecule has 0 radical (unpaired) electrons. The number of nitrogens with one attached hydrogen (secondary N) is 1. The molecular weight excluding hydrogens is 246 g/mol. The van der Waals surface area contributed by atoms with Crippen LogP contribution >= 0.6 is 0 Å². The van der Waals surface area contributed by atoms with Gasteiger partial charge in [-0.05, 0) is 62.1 Å². The van der Waals surface area contributed by atoms with Crippen molar-refractivity contribution in [1.82, 2.24) is 5.32 Å². The zero-order valence-corrected chi connectivity index (χ0v) is 12.8. The van der Waals surface area contributed by atoms with Crippen molar-refractivity contribution in [3.8, 4) is 0 Å². The van der Waals surface area contributed by atoms with Crippen molar-refractivity contribution in [2.75, 3.05) is 6.54 Å². The zero-order valence-electron chi connectivity index (χ0n) is 12.8. The Morgan fingerprint density at radius 1 is 1.15 bits per heavy atom. The van der Waals surface area contributed by atoms with Crippen molar-refractivity contribution >= 4 is 0 Å². The molecule has 1 aromatic heterocycles. The van der Waals surface area contributed by atoms with Crippen LogP contribution in [0.4, 0.5) is 0 Å². The normalized spacial score (nSPS) is 12.6. The fourth-order valence-corrected chi connectivity index (χ4v) is 2.58. The summed E-state index contributed by atoms with van der Waals surface area (Å²) in [5.41, 5.74) is 4.19. The smallest absolute Gasteiger partial charge is 0.103 e. The second kappa shape index (κ2) is 7.30. The molecule has 0 saturated carbocycles. The summed E-state index contributed by atoms with van der Waals surface area (Å²) in [6.45, 7) is 7.66. The Morgan fingerprint density at radius 3 is 2.70 bits per heavy atom. The highest BCUT2D eigenvalue weighted by Crippen LogP contribution is 2.24. The van der Waals surface area contributed by atoms with Gasteiger partial charge in [0.1, 0.15) is 5.76 Å².